The number of nitro groups is 1. The number of hydrogen-bond acceptors (Lipinski definition) is 6. The fourth-order valence-electron chi connectivity index (χ4n) is 3.27. The molecule has 0 amide bonds. The van der Waals surface area contributed by atoms with Crippen LogP contribution in [0.25, 0.3) is 22.1 Å². The van der Waals surface area contributed by atoms with Crippen molar-refractivity contribution in [2.45, 2.75) is 6.92 Å². The predicted molar refractivity (Wildman–Crippen MR) is 121 cm³/mol. The molecule has 0 saturated heterocycles. The Bertz CT molecular complexity index is 1460. The van der Waals surface area contributed by atoms with Gasteiger partial charge in [0.15, 0.2) is 0 Å². The van der Waals surface area contributed by atoms with Crippen molar-refractivity contribution < 1.29 is 18.9 Å². The molecule has 9 heteroatoms. The summed E-state index contributed by atoms with van der Waals surface area (Å²) >= 11 is 12.1. The minimum atomic E-state index is -0.766. The maximum Gasteiger partial charge on any atom is 0.344 e. The molecule has 0 radical (unpaired) electrons. The van der Waals surface area contributed by atoms with Gasteiger partial charge in [0.05, 0.1) is 26.5 Å². The van der Waals surface area contributed by atoms with Gasteiger partial charge in [-0.3, -0.25) is 14.9 Å². The van der Waals surface area contributed by atoms with E-state index in [0.717, 1.165) is 0 Å². The average molecular weight is 470 g/mol. The third kappa shape index (κ3) is 3.95. The molecule has 0 bridgehead atoms. The molecule has 0 fully saturated rings. The smallest absolute Gasteiger partial charge is 0.344 e. The highest BCUT2D eigenvalue weighted by molar-refractivity contribution is 6.36. The summed E-state index contributed by atoms with van der Waals surface area (Å²) in [5, 5.41) is 12.1. The maximum absolute atomic E-state index is 12.9. The number of halogens is 2. The molecule has 4 aromatic rings. The summed E-state index contributed by atoms with van der Waals surface area (Å²) in [5.41, 5.74) is 0.692. The molecule has 3 aromatic carbocycles. The third-order valence-corrected chi connectivity index (χ3v) is 5.45. The molecule has 0 aliphatic heterocycles. The van der Waals surface area contributed by atoms with Crippen molar-refractivity contribution in [1.29, 1.82) is 0 Å². The zero-order valence-electron chi connectivity index (χ0n) is 16.4. The van der Waals surface area contributed by atoms with Crippen LogP contribution in [0.4, 0.5) is 5.69 Å². The molecule has 0 aliphatic carbocycles. The molecule has 0 saturated carbocycles. The number of esters is 1. The van der Waals surface area contributed by atoms with Crippen molar-refractivity contribution in [2.75, 3.05) is 0 Å². The monoisotopic (exact) mass is 469 g/mol. The molecule has 0 atom stereocenters. The quantitative estimate of drug-likeness (QED) is 0.152. The van der Waals surface area contributed by atoms with Crippen LogP contribution in [0.15, 0.2) is 70.1 Å². The van der Waals surface area contributed by atoms with Crippen LogP contribution in [-0.4, -0.2) is 10.9 Å². The van der Waals surface area contributed by atoms with Gasteiger partial charge in [-0.15, -0.1) is 0 Å². The topological polar surface area (TPSA) is 99.7 Å². The van der Waals surface area contributed by atoms with Crippen LogP contribution in [0.5, 0.6) is 5.75 Å². The maximum atomic E-state index is 12.9. The van der Waals surface area contributed by atoms with E-state index in [9.17, 15) is 19.7 Å². The predicted octanol–water partition coefficient (Wildman–Crippen LogP) is 6.20. The standard InChI is InChI=1S/C23H13Cl2NO6/c1-12-15(3-2-4-20(12)26(29)30)23(28)32-14-6-8-17-21(10-14)31-11-18(22(17)27)16-7-5-13(24)9-19(16)25/h2-11H,1H3. The van der Waals surface area contributed by atoms with Crippen LogP contribution in [0.3, 0.4) is 0 Å². The second-order valence-electron chi connectivity index (χ2n) is 6.86. The minimum absolute atomic E-state index is 0.0634. The van der Waals surface area contributed by atoms with Gasteiger partial charge in [-0.2, -0.15) is 0 Å². The summed E-state index contributed by atoms with van der Waals surface area (Å²) < 4.78 is 10.9. The number of rotatable bonds is 4. The molecule has 0 N–H and O–H groups in total. The van der Waals surface area contributed by atoms with Crippen LogP contribution in [0.1, 0.15) is 15.9 Å². The minimum Gasteiger partial charge on any atom is -0.463 e. The van der Waals surface area contributed by atoms with Crippen LogP contribution >= 0.6 is 23.2 Å². The number of nitro benzene ring substituents is 1. The number of ether oxygens (including phenoxy) is 1. The first kappa shape index (κ1) is 21.5. The van der Waals surface area contributed by atoms with Gasteiger partial charge >= 0.3 is 5.97 Å². The average Bonchev–Trinajstić information content (AvgIpc) is 2.74. The first-order valence-electron chi connectivity index (χ1n) is 9.23. The first-order chi connectivity index (χ1) is 15.3. The molecule has 1 aromatic heterocycles. The van der Waals surface area contributed by atoms with Gasteiger partial charge < -0.3 is 9.15 Å². The SMILES string of the molecule is Cc1c(C(=O)Oc2ccc3c(=O)c(-c4ccc(Cl)cc4Cl)coc3c2)cccc1[N+](=O)[O-]. The molecule has 32 heavy (non-hydrogen) atoms. The lowest BCUT2D eigenvalue weighted by molar-refractivity contribution is -0.385. The fourth-order valence-corrected chi connectivity index (χ4v) is 3.78. The summed E-state index contributed by atoms with van der Waals surface area (Å²) in [7, 11) is 0. The Morgan fingerprint density at radius 2 is 1.84 bits per heavy atom. The number of carbonyl (C=O) groups is 1. The van der Waals surface area contributed by atoms with Crippen molar-refractivity contribution in [2.24, 2.45) is 0 Å². The second kappa shape index (κ2) is 8.45. The van der Waals surface area contributed by atoms with Gasteiger partial charge in [0.1, 0.15) is 17.6 Å². The lowest BCUT2D eigenvalue weighted by Gasteiger charge is -2.09. The molecule has 4 rings (SSSR count). The molecule has 1 heterocycles. The summed E-state index contributed by atoms with van der Waals surface area (Å²) in [6.07, 6.45) is 1.27. The van der Waals surface area contributed by atoms with Crippen molar-refractivity contribution in [3.05, 3.63) is 102 Å². The second-order valence-corrected chi connectivity index (χ2v) is 7.70. The summed E-state index contributed by atoms with van der Waals surface area (Å²) in [6, 6.07) is 13.2. The van der Waals surface area contributed by atoms with Gasteiger partial charge in [-0.25, -0.2) is 4.79 Å². The van der Waals surface area contributed by atoms with Crippen molar-refractivity contribution >= 4 is 45.8 Å². The number of carbonyl (C=O) groups excluding carboxylic acids is 1. The van der Waals surface area contributed by atoms with Gasteiger partial charge in [0.25, 0.3) is 5.69 Å². The van der Waals surface area contributed by atoms with Crippen LogP contribution in [0.2, 0.25) is 10.0 Å². The highest BCUT2D eigenvalue weighted by Gasteiger charge is 2.20. The highest BCUT2D eigenvalue weighted by Crippen LogP contribution is 2.30. The lowest BCUT2D eigenvalue weighted by Crippen LogP contribution is -2.11. The Hall–Kier alpha value is -3.68. The normalized spacial score (nSPS) is 10.8. The van der Waals surface area contributed by atoms with E-state index in [1.165, 1.54) is 55.7 Å². The Balaban J connectivity index is 1.68. The number of fused-ring (bicyclic) bond motifs is 1. The van der Waals surface area contributed by atoms with E-state index in [1.54, 1.807) is 12.1 Å². The Kier molecular flexibility index (Phi) is 5.69. The Labute approximate surface area is 190 Å². The Morgan fingerprint density at radius 1 is 1.06 bits per heavy atom. The van der Waals surface area contributed by atoms with E-state index in [1.807, 2.05) is 0 Å². The number of nitrogens with zero attached hydrogens (tertiary/aromatic N) is 1. The third-order valence-electron chi connectivity index (χ3n) is 4.90. The van der Waals surface area contributed by atoms with E-state index in [0.29, 0.717) is 15.6 Å². The molecule has 0 unspecified atom stereocenters. The molecule has 0 spiro atoms. The molecule has 0 aliphatic rings. The van der Waals surface area contributed by atoms with Crippen LogP contribution in [0, 0.1) is 17.0 Å². The van der Waals surface area contributed by atoms with Crippen LogP contribution < -0.4 is 10.2 Å². The summed E-state index contributed by atoms with van der Waals surface area (Å²) in [6.45, 7) is 1.47. The van der Waals surface area contributed by atoms with Crippen molar-refractivity contribution in [3.63, 3.8) is 0 Å². The van der Waals surface area contributed by atoms with E-state index in [4.69, 9.17) is 32.4 Å². The molecule has 7 nitrogen and oxygen atoms in total. The van der Waals surface area contributed by atoms with Crippen molar-refractivity contribution in [1.82, 2.24) is 0 Å². The fraction of sp³-hybridized carbons (Fsp3) is 0.0435. The zero-order valence-corrected chi connectivity index (χ0v) is 17.9. The number of hydrogen-bond donors (Lipinski definition) is 0. The molecular weight excluding hydrogens is 457 g/mol. The molecule has 160 valence electrons. The van der Waals surface area contributed by atoms with Gasteiger partial charge in [-0.05, 0) is 37.3 Å². The lowest BCUT2D eigenvalue weighted by atomic mass is 10.1. The van der Waals surface area contributed by atoms with E-state index in [-0.39, 0.29) is 44.5 Å². The van der Waals surface area contributed by atoms with Crippen molar-refractivity contribution in [3.8, 4) is 16.9 Å². The largest absolute Gasteiger partial charge is 0.463 e. The van der Waals surface area contributed by atoms with Gasteiger partial charge in [0.2, 0.25) is 5.43 Å². The molecular formula is C23H13Cl2NO6. The van der Waals surface area contributed by atoms with E-state index in [2.05, 4.69) is 0 Å². The van der Waals surface area contributed by atoms with E-state index < -0.39 is 10.9 Å². The Morgan fingerprint density at radius 3 is 2.56 bits per heavy atom. The van der Waals surface area contributed by atoms with Crippen LogP contribution in [-0.2, 0) is 0 Å². The highest BCUT2D eigenvalue weighted by atomic mass is 35.5. The zero-order chi connectivity index (χ0) is 23.0. The number of benzene rings is 3. The summed E-state index contributed by atoms with van der Waals surface area (Å²) in [4.78, 5) is 36.0. The summed E-state index contributed by atoms with van der Waals surface area (Å²) in [5.74, 6) is -0.647. The van der Waals surface area contributed by atoms with Gasteiger partial charge in [0, 0.05) is 28.3 Å². The van der Waals surface area contributed by atoms with E-state index >= 15 is 0 Å². The first-order valence-corrected chi connectivity index (χ1v) is 9.99. The van der Waals surface area contributed by atoms with Gasteiger partial charge in [-0.1, -0.05) is 35.3 Å².